The molecule has 16 nitrogen and oxygen atoms in total. The van der Waals surface area contributed by atoms with Gasteiger partial charge in [0, 0.05) is 39.3 Å². The minimum Gasteiger partial charge on any atom is -0.433 e. The van der Waals surface area contributed by atoms with Gasteiger partial charge >= 0.3 is 17.1 Å². The average molecular weight is 1240 g/mol. The Morgan fingerprint density at radius 3 is 0.875 bits per heavy atom. The van der Waals surface area contributed by atoms with Gasteiger partial charge in [0.2, 0.25) is 0 Å². The fourth-order valence-corrected chi connectivity index (χ4v) is 44.9. The zero-order valence-electron chi connectivity index (χ0n) is 50.8. The highest BCUT2D eigenvalue weighted by Gasteiger charge is 2.52. The molecule has 0 aromatic heterocycles. The minimum absolute atomic E-state index is 0.281. The Morgan fingerprint density at radius 2 is 0.588 bits per heavy atom. The smallest absolute Gasteiger partial charge is 0.352 e. The lowest BCUT2D eigenvalue weighted by Crippen LogP contribution is -2.66. The van der Waals surface area contributed by atoms with Gasteiger partial charge in [-0.1, -0.05) is 73.8 Å². The molecule has 456 valence electrons. The third-order valence-electron chi connectivity index (χ3n) is 14.7. The number of ether oxygens (including phenoxy) is 12. The van der Waals surface area contributed by atoms with Crippen LogP contribution >= 0.6 is 0 Å². The number of benzene rings is 2. The van der Waals surface area contributed by atoms with Crippen LogP contribution in [0.25, 0.3) is 0 Å². The topological polar surface area (TPSA) is 167 Å². The molecule has 0 aliphatic carbocycles. The third kappa shape index (κ3) is 27.8. The van der Waals surface area contributed by atoms with Crippen molar-refractivity contribution in [3.63, 3.8) is 0 Å². The molecule has 8 rings (SSSR count). The van der Waals surface area contributed by atoms with Crippen LogP contribution in [0.3, 0.4) is 0 Å². The molecule has 6 saturated heterocycles. The van der Waals surface area contributed by atoms with Gasteiger partial charge in [-0.3, -0.25) is 0 Å². The normalized spacial score (nSPS) is 23.9. The maximum atomic E-state index is 7.55. The summed E-state index contributed by atoms with van der Waals surface area (Å²) in [4.78, 5) is 0. The highest BCUT2D eigenvalue weighted by molar-refractivity contribution is 7.03. The van der Waals surface area contributed by atoms with Gasteiger partial charge in [-0.15, -0.1) is 0 Å². The summed E-state index contributed by atoms with van der Waals surface area (Å²) in [5.74, 6) is 0. The second-order valence-corrected chi connectivity index (χ2v) is 56.2. The first-order valence-corrected chi connectivity index (χ1v) is 50.2. The standard InChI is InChI=1S/C29H54O8Si4.C28H50O8Si3/c1-38(2,24-32-20-28-23-35-28)25-41(29-12-8-7-9-13-29,36-39(3,4)16-10-14-30-18-26-21-33-26)37-40(5,6)17-11-15-31-19-27-22-34-27;1-37(2,16-8-13-29-19-25-22-32-25)35-39(28-11-6-5-7-12-28,18-10-15-31-21-27-24-34-27)36-38(3,4)17-9-14-30-20-26-23-33-26/h7-9,12-13,26-28H,10-11,14-25H2,1-6H3;5-7,11-12,25-27H,8-10,13-24H2,1-4H3. The summed E-state index contributed by atoms with van der Waals surface area (Å²) in [6, 6.07) is 26.7. The maximum Gasteiger partial charge on any atom is 0.352 e. The van der Waals surface area contributed by atoms with Crippen molar-refractivity contribution in [1.82, 2.24) is 0 Å². The Bertz CT molecular complexity index is 1950. The van der Waals surface area contributed by atoms with Gasteiger partial charge in [0.05, 0.1) is 87.4 Å². The van der Waals surface area contributed by atoms with Crippen LogP contribution in [-0.2, 0) is 73.3 Å². The summed E-state index contributed by atoms with van der Waals surface area (Å²) in [5, 5.41) is 2.50. The van der Waals surface area contributed by atoms with Crippen LogP contribution in [-0.4, -0.2) is 214 Å². The van der Waals surface area contributed by atoms with Gasteiger partial charge in [-0.25, -0.2) is 0 Å². The van der Waals surface area contributed by atoms with Crippen molar-refractivity contribution in [3.8, 4) is 0 Å². The molecule has 0 N–H and O–H groups in total. The van der Waals surface area contributed by atoms with Crippen LogP contribution in [0.1, 0.15) is 32.1 Å². The molecule has 6 aliphatic rings. The van der Waals surface area contributed by atoms with Gasteiger partial charge in [-0.2, -0.15) is 0 Å². The van der Waals surface area contributed by atoms with Gasteiger partial charge in [0.25, 0.3) is 0 Å². The van der Waals surface area contributed by atoms with Crippen LogP contribution in [0.5, 0.6) is 0 Å². The zero-order chi connectivity index (χ0) is 57.0. The molecule has 0 radical (unpaired) electrons. The van der Waals surface area contributed by atoms with E-state index in [9.17, 15) is 0 Å². The summed E-state index contributed by atoms with van der Waals surface area (Å²) in [6.07, 6.45) is 7.51. The van der Waals surface area contributed by atoms with E-state index in [1.165, 1.54) is 10.4 Å². The monoisotopic (exact) mass is 1240 g/mol. The van der Waals surface area contributed by atoms with Crippen molar-refractivity contribution in [2.24, 2.45) is 0 Å². The molecule has 0 bridgehead atoms. The molecule has 23 heteroatoms. The molecule has 0 spiro atoms. The summed E-state index contributed by atoms with van der Waals surface area (Å²) >= 11 is 0. The first kappa shape index (κ1) is 66.8. The van der Waals surface area contributed by atoms with Crippen LogP contribution in [0.15, 0.2) is 60.7 Å². The number of hydrogen-bond acceptors (Lipinski definition) is 16. The predicted octanol–water partition coefficient (Wildman–Crippen LogP) is 8.79. The van der Waals surface area contributed by atoms with Gasteiger partial charge in [0.1, 0.15) is 36.6 Å². The lowest BCUT2D eigenvalue weighted by Gasteiger charge is -2.45. The van der Waals surface area contributed by atoms with Crippen LogP contribution in [0.4, 0.5) is 0 Å². The van der Waals surface area contributed by atoms with Crippen molar-refractivity contribution < 1.29 is 73.3 Å². The highest BCUT2D eigenvalue weighted by Crippen LogP contribution is 2.34. The van der Waals surface area contributed by atoms with Gasteiger partial charge in [0.15, 0.2) is 33.3 Å². The molecular formula is C57H104O16Si7. The quantitative estimate of drug-likeness (QED) is 0.0350. The fourth-order valence-electron chi connectivity index (χ4n) is 10.1. The second-order valence-electron chi connectivity index (χ2n) is 26.2. The van der Waals surface area contributed by atoms with Crippen molar-refractivity contribution in [2.45, 2.75) is 170 Å². The Labute approximate surface area is 488 Å². The molecule has 0 amide bonds. The van der Waals surface area contributed by atoms with E-state index >= 15 is 0 Å². The Balaban J connectivity index is 0.000000231. The largest absolute Gasteiger partial charge is 0.433 e. The predicted molar refractivity (Wildman–Crippen MR) is 331 cm³/mol. The van der Waals surface area contributed by atoms with Gasteiger partial charge < -0.3 is 73.3 Å². The minimum atomic E-state index is -2.84. The fraction of sp³-hybridized carbons (Fsp3) is 0.789. The van der Waals surface area contributed by atoms with Gasteiger partial charge in [-0.05, 0) is 131 Å². The first-order valence-electron chi connectivity index (χ1n) is 30.3. The molecule has 2 aromatic carbocycles. The molecule has 6 heterocycles. The van der Waals surface area contributed by atoms with Crippen molar-refractivity contribution >= 4 is 68.8 Å². The molecule has 6 atom stereocenters. The van der Waals surface area contributed by atoms with Crippen molar-refractivity contribution in [2.75, 3.05) is 119 Å². The Kier molecular flexibility index (Phi) is 27.0. The van der Waals surface area contributed by atoms with E-state index < -0.39 is 58.5 Å². The molecule has 6 aliphatic heterocycles. The Morgan fingerprint density at radius 1 is 0.338 bits per heavy atom. The van der Waals surface area contributed by atoms with E-state index in [0.29, 0.717) is 70.7 Å². The molecule has 6 unspecified atom stereocenters. The number of hydrogen-bond donors (Lipinski definition) is 0. The molecule has 2 aromatic rings. The summed E-state index contributed by atoms with van der Waals surface area (Å²) < 4.78 is 97.2. The van der Waals surface area contributed by atoms with Crippen molar-refractivity contribution in [3.05, 3.63) is 60.7 Å². The Hall–Kier alpha value is -0.682. The third-order valence-corrected chi connectivity index (χ3v) is 45.2. The highest BCUT2D eigenvalue weighted by atomic mass is 28.5. The summed E-state index contributed by atoms with van der Waals surface area (Å²) in [6.45, 7) is 36.6. The maximum absolute atomic E-state index is 7.55. The molecule has 0 saturated carbocycles. The van der Waals surface area contributed by atoms with E-state index in [-0.39, 0.29) is 12.2 Å². The first-order chi connectivity index (χ1) is 38.2. The van der Waals surface area contributed by atoms with E-state index in [4.69, 9.17) is 73.3 Å². The van der Waals surface area contributed by atoms with E-state index in [2.05, 4.69) is 126 Å². The lowest BCUT2D eigenvalue weighted by molar-refractivity contribution is 0.115. The van der Waals surface area contributed by atoms with E-state index in [1.54, 1.807) is 0 Å². The average Bonchev–Trinajstić information content (AvgIpc) is 4.33. The summed E-state index contributed by atoms with van der Waals surface area (Å²) in [5.41, 5.74) is 0.980. The van der Waals surface area contributed by atoms with E-state index in [1.807, 2.05) is 0 Å². The van der Waals surface area contributed by atoms with E-state index in [0.717, 1.165) is 140 Å². The van der Waals surface area contributed by atoms with Crippen LogP contribution in [0, 0.1) is 0 Å². The molecule has 80 heavy (non-hydrogen) atoms. The number of rotatable bonds is 46. The van der Waals surface area contributed by atoms with Crippen LogP contribution in [0.2, 0.25) is 101 Å². The second kappa shape index (κ2) is 32.3. The lowest BCUT2D eigenvalue weighted by atomic mass is 10.4. The number of epoxide rings is 6. The zero-order valence-corrected chi connectivity index (χ0v) is 57.8. The molecule has 6 fully saturated rings. The SMILES string of the molecule is C[Si](C)(CCCOCC1CO1)O[Si](CCCOCC1CO1)(O[Si](C)(C)CCCOCC1CO1)c1ccccc1.C[Si](C)(COCC1CO1)C[Si](O[Si](C)(C)CCCOCC1CO1)(O[Si](C)(C)CCCOCC1CO1)c1ccccc1. The summed E-state index contributed by atoms with van der Waals surface area (Å²) in [7, 11) is -15.8. The van der Waals surface area contributed by atoms with Crippen molar-refractivity contribution in [1.29, 1.82) is 0 Å². The molecular weight excluding hydrogens is 1140 g/mol. The van der Waals surface area contributed by atoms with Crippen LogP contribution < -0.4 is 10.4 Å².